The van der Waals surface area contributed by atoms with Crippen molar-refractivity contribution in [2.75, 3.05) is 6.54 Å². The molecule has 1 rings (SSSR count). The maximum atomic E-state index is 11.5. The Bertz CT molecular complexity index is 368. The molecule has 0 bridgehead atoms. The molecule has 1 amide bonds. The van der Waals surface area contributed by atoms with Gasteiger partial charge < -0.3 is 10.4 Å². The number of hydrogen-bond acceptors (Lipinski definition) is 2. The molecule has 0 heterocycles. The summed E-state index contributed by atoms with van der Waals surface area (Å²) in [5.41, 5.74) is 0.436. The van der Waals surface area contributed by atoms with Crippen LogP contribution < -0.4 is 5.32 Å². The Hall–Kier alpha value is -0.740. The third kappa shape index (κ3) is 3.72. The number of phenols is 1. The molecule has 0 aliphatic heterocycles. The Morgan fingerprint density at radius 2 is 2.33 bits per heavy atom. The molecule has 5 heteroatoms. The topological polar surface area (TPSA) is 49.3 Å². The van der Waals surface area contributed by atoms with Gasteiger partial charge in [0.2, 0.25) is 0 Å². The summed E-state index contributed by atoms with van der Waals surface area (Å²) in [6.07, 6.45) is 0. The Kier molecular flexibility index (Phi) is 4.42. The van der Waals surface area contributed by atoms with Crippen molar-refractivity contribution in [1.29, 1.82) is 0 Å². The summed E-state index contributed by atoms with van der Waals surface area (Å²) in [6, 6.07) is 4.36. The summed E-state index contributed by atoms with van der Waals surface area (Å²) in [5.74, 6) is -0.231. The average Bonchev–Trinajstić information content (AvgIpc) is 2.18. The highest BCUT2D eigenvalue weighted by Gasteiger charge is 2.08. The standard InChI is InChI=1S/C10H11BrClNO2/c1-6(11)5-13-10(15)7-2-3-9(14)8(12)4-7/h2-4,6,14H,5H2,1H3,(H,13,15). The maximum Gasteiger partial charge on any atom is 0.251 e. The van der Waals surface area contributed by atoms with Crippen molar-refractivity contribution in [2.45, 2.75) is 11.8 Å². The fraction of sp³-hybridized carbons (Fsp3) is 0.300. The highest BCUT2D eigenvalue weighted by atomic mass is 79.9. The van der Waals surface area contributed by atoms with E-state index in [4.69, 9.17) is 11.6 Å². The number of rotatable bonds is 3. The van der Waals surface area contributed by atoms with Crippen molar-refractivity contribution >= 4 is 33.4 Å². The third-order valence-electron chi connectivity index (χ3n) is 1.75. The van der Waals surface area contributed by atoms with Crippen LogP contribution in [0, 0.1) is 0 Å². The number of nitrogens with one attached hydrogen (secondary N) is 1. The quantitative estimate of drug-likeness (QED) is 0.841. The number of amides is 1. The van der Waals surface area contributed by atoms with Crippen molar-refractivity contribution in [1.82, 2.24) is 5.32 Å². The third-order valence-corrected chi connectivity index (χ3v) is 2.38. The van der Waals surface area contributed by atoms with Crippen LogP contribution >= 0.6 is 27.5 Å². The van der Waals surface area contributed by atoms with Gasteiger partial charge in [0.15, 0.2) is 0 Å². The van der Waals surface area contributed by atoms with Gasteiger partial charge in [-0.15, -0.1) is 0 Å². The zero-order chi connectivity index (χ0) is 11.4. The lowest BCUT2D eigenvalue weighted by atomic mass is 10.2. The predicted octanol–water partition coefficient (Wildman–Crippen LogP) is 2.56. The predicted molar refractivity (Wildman–Crippen MR) is 63.8 cm³/mol. The van der Waals surface area contributed by atoms with Crippen LogP contribution in [0.15, 0.2) is 18.2 Å². The van der Waals surface area contributed by atoms with Gasteiger partial charge in [-0.05, 0) is 18.2 Å². The molecule has 0 aliphatic rings. The highest BCUT2D eigenvalue weighted by Crippen LogP contribution is 2.23. The molecule has 1 aromatic carbocycles. The molecule has 0 fully saturated rings. The van der Waals surface area contributed by atoms with E-state index in [-0.39, 0.29) is 21.5 Å². The molecule has 0 spiro atoms. The van der Waals surface area contributed by atoms with Crippen molar-refractivity contribution in [2.24, 2.45) is 0 Å². The summed E-state index contributed by atoms with van der Waals surface area (Å²) < 4.78 is 0. The monoisotopic (exact) mass is 291 g/mol. The lowest BCUT2D eigenvalue weighted by Gasteiger charge is -2.07. The average molecular weight is 293 g/mol. The molecule has 82 valence electrons. The number of alkyl halides is 1. The second-order valence-electron chi connectivity index (χ2n) is 3.16. The van der Waals surface area contributed by atoms with Gasteiger partial charge in [-0.2, -0.15) is 0 Å². The first-order valence-electron chi connectivity index (χ1n) is 4.41. The minimum Gasteiger partial charge on any atom is -0.506 e. The Labute approximate surface area is 102 Å². The van der Waals surface area contributed by atoms with Gasteiger partial charge in [-0.3, -0.25) is 4.79 Å². The minimum atomic E-state index is -0.205. The van der Waals surface area contributed by atoms with Gasteiger partial charge in [0.25, 0.3) is 5.91 Å². The number of aromatic hydroxyl groups is 1. The number of carbonyl (C=O) groups is 1. The van der Waals surface area contributed by atoms with E-state index in [0.717, 1.165) is 0 Å². The van der Waals surface area contributed by atoms with Crippen LogP contribution in [0.3, 0.4) is 0 Å². The Morgan fingerprint density at radius 1 is 1.67 bits per heavy atom. The first kappa shape index (κ1) is 12.3. The maximum absolute atomic E-state index is 11.5. The normalized spacial score (nSPS) is 12.2. The lowest BCUT2D eigenvalue weighted by molar-refractivity contribution is 0.0954. The van der Waals surface area contributed by atoms with E-state index < -0.39 is 0 Å². The molecule has 0 aromatic heterocycles. The highest BCUT2D eigenvalue weighted by molar-refractivity contribution is 9.09. The van der Waals surface area contributed by atoms with Crippen LogP contribution in [0.25, 0.3) is 0 Å². The largest absolute Gasteiger partial charge is 0.506 e. The van der Waals surface area contributed by atoms with E-state index >= 15 is 0 Å². The van der Waals surface area contributed by atoms with E-state index in [1.54, 1.807) is 0 Å². The number of phenolic OH excluding ortho intramolecular Hbond substituents is 1. The molecular formula is C10H11BrClNO2. The molecular weight excluding hydrogens is 281 g/mol. The Morgan fingerprint density at radius 3 is 2.87 bits per heavy atom. The van der Waals surface area contributed by atoms with Crippen LogP contribution in [-0.4, -0.2) is 22.4 Å². The first-order valence-corrected chi connectivity index (χ1v) is 5.71. The number of benzene rings is 1. The Balaban J connectivity index is 2.70. The molecule has 0 saturated carbocycles. The van der Waals surface area contributed by atoms with E-state index in [1.807, 2.05) is 6.92 Å². The SMILES string of the molecule is CC(Br)CNC(=O)c1ccc(O)c(Cl)c1. The van der Waals surface area contributed by atoms with Gasteiger partial charge in [-0.1, -0.05) is 34.5 Å². The summed E-state index contributed by atoms with van der Waals surface area (Å²) in [5, 5.41) is 12.1. The van der Waals surface area contributed by atoms with Crippen molar-refractivity contribution in [3.63, 3.8) is 0 Å². The van der Waals surface area contributed by atoms with Crippen LogP contribution in [0.4, 0.5) is 0 Å². The van der Waals surface area contributed by atoms with Gasteiger partial charge in [0, 0.05) is 16.9 Å². The minimum absolute atomic E-state index is 0.0259. The summed E-state index contributed by atoms with van der Waals surface area (Å²) in [7, 11) is 0. The van der Waals surface area contributed by atoms with E-state index in [1.165, 1.54) is 18.2 Å². The lowest BCUT2D eigenvalue weighted by Crippen LogP contribution is -2.28. The van der Waals surface area contributed by atoms with Crippen LogP contribution in [0.2, 0.25) is 5.02 Å². The molecule has 0 radical (unpaired) electrons. The molecule has 1 unspecified atom stereocenters. The van der Waals surface area contributed by atoms with Crippen LogP contribution in [0.1, 0.15) is 17.3 Å². The number of halogens is 2. The van der Waals surface area contributed by atoms with Crippen molar-refractivity contribution in [3.05, 3.63) is 28.8 Å². The summed E-state index contributed by atoms with van der Waals surface area (Å²) in [4.78, 5) is 11.8. The van der Waals surface area contributed by atoms with E-state index in [2.05, 4.69) is 21.2 Å². The molecule has 1 aromatic rings. The summed E-state index contributed by atoms with van der Waals surface area (Å²) >= 11 is 9.00. The second-order valence-corrected chi connectivity index (χ2v) is 5.13. The van der Waals surface area contributed by atoms with Gasteiger partial charge >= 0.3 is 0 Å². The molecule has 15 heavy (non-hydrogen) atoms. The fourth-order valence-corrected chi connectivity index (χ4v) is 1.33. The molecule has 3 nitrogen and oxygen atoms in total. The van der Waals surface area contributed by atoms with Gasteiger partial charge in [-0.25, -0.2) is 0 Å². The fourth-order valence-electron chi connectivity index (χ4n) is 0.984. The molecule has 0 saturated heterocycles. The van der Waals surface area contributed by atoms with E-state index in [0.29, 0.717) is 12.1 Å². The second kappa shape index (κ2) is 5.37. The molecule has 1 atom stereocenters. The smallest absolute Gasteiger partial charge is 0.251 e. The van der Waals surface area contributed by atoms with Crippen LogP contribution in [-0.2, 0) is 0 Å². The zero-order valence-corrected chi connectivity index (χ0v) is 10.5. The zero-order valence-electron chi connectivity index (χ0n) is 8.13. The summed E-state index contributed by atoms with van der Waals surface area (Å²) in [6.45, 7) is 2.47. The number of hydrogen-bond donors (Lipinski definition) is 2. The number of carbonyl (C=O) groups excluding carboxylic acids is 1. The van der Waals surface area contributed by atoms with Crippen molar-refractivity contribution < 1.29 is 9.90 Å². The van der Waals surface area contributed by atoms with Crippen molar-refractivity contribution in [3.8, 4) is 5.75 Å². The van der Waals surface area contributed by atoms with Gasteiger partial charge in [0.1, 0.15) is 5.75 Å². The molecule has 2 N–H and O–H groups in total. The first-order chi connectivity index (χ1) is 7.00. The van der Waals surface area contributed by atoms with E-state index in [9.17, 15) is 9.90 Å². The molecule has 0 aliphatic carbocycles. The van der Waals surface area contributed by atoms with Gasteiger partial charge in [0.05, 0.1) is 5.02 Å². The van der Waals surface area contributed by atoms with Crippen LogP contribution in [0.5, 0.6) is 5.75 Å².